The fraction of sp³-hybridized carbons (Fsp3) is 0.167. The number of carbonyl (C=O) groups is 1. The summed E-state index contributed by atoms with van der Waals surface area (Å²) in [5, 5.41) is 17.6. The molecule has 0 aliphatic heterocycles. The van der Waals surface area contributed by atoms with Crippen molar-refractivity contribution in [2.24, 2.45) is 0 Å². The van der Waals surface area contributed by atoms with E-state index >= 15 is 0 Å². The number of carboxylic acid groups (broad SMARTS) is 1. The van der Waals surface area contributed by atoms with E-state index in [0.29, 0.717) is 6.07 Å². The fourth-order valence-corrected chi connectivity index (χ4v) is 1.47. The Bertz CT molecular complexity index is 535. The third-order valence-corrected chi connectivity index (χ3v) is 2.25. The lowest BCUT2D eigenvalue weighted by molar-refractivity contribution is 0.168. The zero-order valence-corrected chi connectivity index (χ0v) is 9.52. The maximum Gasteiger partial charge on any atom is 0.411 e. The van der Waals surface area contributed by atoms with Gasteiger partial charge < -0.3 is 5.11 Å². The van der Waals surface area contributed by atoms with E-state index in [2.05, 4.69) is 0 Å². The molecule has 0 bridgehead atoms. The van der Waals surface area contributed by atoms with E-state index in [4.69, 9.17) is 10.4 Å². The Labute approximate surface area is 102 Å². The number of allylic oxidation sites excluding steroid dienone is 1. The van der Waals surface area contributed by atoms with Crippen LogP contribution in [-0.4, -0.2) is 22.6 Å². The molecule has 0 unspecified atom stereocenters. The summed E-state index contributed by atoms with van der Waals surface area (Å²) in [4.78, 5) is 11.8. The molecular weight excluding hydrogens is 242 g/mol. The smallest absolute Gasteiger partial charge is 0.411 e. The molecule has 0 spiro atoms. The summed E-state index contributed by atoms with van der Waals surface area (Å²) in [7, 11) is 0. The second-order valence-corrected chi connectivity index (χ2v) is 3.31. The van der Waals surface area contributed by atoms with Crippen LogP contribution in [0.2, 0.25) is 0 Å². The van der Waals surface area contributed by atoms with Crippen molar-refractivity contribution in [1.82, 2.24) is 4.90 Å². The van der Waals surface area contributed by atoms with Gasteiger partial charge in [-0.2, -0.15) is 5.26 Å². The second kappa shape index (κ2) is 5.77. The molecule has 0 saturated carbocycles. The van der Waals surface area contributed by atoms with Crippen molar-refractivity contribution in [3.63, 3.8) is 0 Å². The predicted octanol–water partition coefficient (Wildman–Crippen LogP) is 2.83. The third kappa shape index (κ3) is 2.83. The van der Waals surface area contributed by atoms with Gasteiger partial charge >= 0.3 is 6.09 Å². The minimum absolute atomic E-state index is 0.0413. The highest BCUT2D eigenvalue weighted by molar-refractivity contribution is 5.81. The van der Waals surface area contributed by atoms with Crippen LogP contribution in [0, 0.1) is 23.0 Å². The normalized spacial score (nSPS) is 10.9. The van der Waals surface area contributed by atoms with E-state index in [9.17, 15) is 13.6 Å². The standard InChI is InChI=1S/C12H10F2N2O2/c1-2-16(12(17)18)11(5-6-15)9-4-3-8(13)7-10(9)14/h3-5,7H,2H2,1H3,(H,17,18)/b11-5-. The molecule has 18 heavy (non-hydrogen) atoms. The van der Waals surface area contributed by atoms with Gasteiger partial charge in [0.2, 0.25) is 0 Å². The summed E-state index contributed by atoms with van der Waals surface area (Å²) in [5.41, 5.74) is -0.257. The maximum absolute atomic E-state index is 13.6. The van der Waals surface area contributed by atoms with Crippen molar-refractivity contribution in [1.29, 1.82) is 5.26 Å². The Morgan fingerprint density at radius 1 is 1.56 bits per heavy atom. The van der Waals surface area contributed by atoms with Crippen molar-refractivity contribution in [3.8, 4) is 6.07 Å². The molecule has 0 aromatic heterocycles. The van der Waals surface area contributed by atoms with Gasteiger partial charge in [-0.25, -0.2) is 13.6 Å². The van der Waals surface area contributed by atoms with E-state index in [1.807, 2.05) is 0 Å². The fourth-order valence-electron chi connectivity index (χ4n) is 1.47. The van der Waals surface area contributed by atoms with Gasteiger partial charge in [0.15, 0.2) is 0 Å². The number of nitrogens with zero attached hydrogens (tertiary/aromatic N) is 2. The van der Waals surface area contributed by atoms with Crippen LogP contribution in [0.25, 0.3) is 5.70 Å². The Balaban J connectivity index is 3.34. The summed E-state index contributed by atoms with van der Waals surface area (Å²) in [6.45, 7) is 1.58. The molecule has 1 rings (SSSR count). The number of hydrogen-bond acceptors (Lipinski definition) is 2. The molecule has 4 nitrogen and oxygen atoms in total. The topological polar surface area (TPSA) is 64.3 Å². The summed E-state index contributed by atoms with van der Waals surface area (Å²) in [6.07, 6.45) is -0.406. The Kier molecular flexibility index (Phi) is 4.38. The molecule has 1 N–H and O–H groups in total. The van der Waals surface area contributed by atoms with Crippen LogP contribution in [0.15, 0.2) is 24.3 Å². The van der Waals surface area contributed by atoms with Gasteiger partial charge in [-0.1, -0.05) is 0 Å². The molecule has 6 heteroatoms. The molecule has 0 saturated heterocycles. The molecule has 94 valence electrons. The Morgan fingerprint density at radius 2 is 2.22 bits per heavy atom. The lowest BCUT2D eigenvalue weighted by atomic mass is 10.1. The van der Waals surface area contributed by atoms with Crippen LogP contribution in [0.4, 0.5) is 13.6 Å². The SMILES string of the molecule is CCN(C(=O)O)/C(=C\C#N)c1ccc(F)cc1F. The molecule has 0 atom stereocenters. The first-order chi connectivity index (χ1) is 8.51. The quantitative estimate of drug-likeness (QED) is 0.841. The molecular formula is C12H10F2N2O2. The van der Waals surface area contributed by atoms with Crippen molar-refractivity contribution < 1.29 is 18.7 Å². The largest absolute Gasteiger partial charge is 0.465 e. The highest BCUT2D eigenvalue weighted by atomic mass is 19.1. The molecule has 1 aromatic rings. The summed E-state index contributed by atoms with van der Waals surface area (Å²) in [6, 6.07) is 4.38. The highest BCUT2D eigenvalue weighted by Crippen LogP contribution is 2.22. The molecule has 1 amide bonds. The first-order valence-corrected chi connectivity index (χ1v) is 5.07. The van der Waals surface area contributed by atoms with E-state index in [1.165, 1.54) is 0 Å². The molecule has 0 aliphatic carbocycles. The van der Waals surface area contributed by atoms with Crippen LogP contribution in [0.3, 0.4) is 0 Å². The van der Waals surface area contributed by atoms with E-state index in [0.717, 1.165) is 23.1 Å². The first kappa shape index (κ1) is 13.6. The Morgan fingerprint density at radius 3 is 2.67 bits per heavy atom. The number of hydrogen-bond donors (Lipinski definition) is 1. The average Bonchev–Trinajstić information content (AvgIpc) is 2.28. The van der Waals surface area contributed by atoms with E-state index in [1.54, 1.807) is 13.0 Å². The first-order valence-electron chi connectivity index (χ1n) is 5.07. The zero-order chi connectivity index (χ0) is 13.7. The van der Waals surface area contributed by atoms with Gasteiger partial charge in [0.05, 0.1) is 11.8 Å². The van der Waals surface area contributed by atoms with E-state index < -0.39 is 17.7 Å². The van der Waals surface area contributed by atoms with E-state index in [-0.39, 0.29) is 17.8 Å². The van der Waals surface area contributed by atoms with Crippen LogP contribution in [0.1, 0.15) is 12.5 Å². The van der Waals surface area contributed by atoms with Gasteiger partial charge in [-0.3, -0.25) is 4.90 Å². The summed E-state index contributed by atoms with van der Waals surface area (Å²) in [5.74, 6) is -1.69. The highest BCUT2D eigenvalue weighted by Gasteiger charge is 2.19. The van der Waals surface area contributed by atoms with Crippen LogP contribution < -0.4 is 0 Å². The Hall–Kier alpha value is -2.42. The van der Waals surface area contributed by atoms with Gasteiger partial charge in [0, 0.05) is 24.3 Å². The minimum atomic E-state index is -1.32. The third-order valence-electron chi connectivity index (χ3n) is 2.25. The van der Waals surface area contributed by atoms with Gasteiger partial charge in [-0.05, 0) is 19.1 Å². The van der Waals surface area contributed by atoms with Crippen molar-refractivity contribution in [2.45, 2.75) is 6.92 Å². The second-order valence-electron chi connectivity index (χ2n) is 3.31. The lowest BCUT2D eigenvalue weighted by Crippen LogP contribution is -2.28. The predicted molar refractivity (Wildman–Crippen MR) is 60.4 cm³/mol. The molecule has 0 aliphatic rings. The number of rotatable bonds is 3. The number of nitriles is 1. The van der Waals surface area contributed by atoms with Crippen molar-refractivity contribution in [2.75, 3.05) is 6.54 Å². The molecule has 0 radical (unpaired) electrons. The molecule has 0 fully saturated rings. The number of halogens is 2. The van der Waals surface area contributed by atoms with Crippen LogP contribution in [-0.2, 0) is 0 Å². The van der Waals surface area contributed by atoms with Gasteiger partial charge in [-0.15, -0.1) is 0 Å². The lowest BCUT2D eigenvalue weighted by Gasteiger charge is -2.20. The summed E-state index contributed by atoms with van der Waals surface area (Å²) >= 11 is 0. The van der Waals surface area contributed by atoms with Crippen molar-refractivity contribution >= 4 is 11.8 Å². The van der Waals surface area contributed by atoms with Gasteiger partial charge in [0.1, 0.15) is 11.6 Å². The van der Waals surface area contributed by atoms with Gasteiger partial charge in [0.25, 0.3) is 0 Å². The molecule has 1 aromatic carbocycles. The van der Waals surface area contributed by atoms with Crippen LogP contribution in [0.5, 0.6) is 0 Å². The zero-order valence-electron chi connectivity index (χ0n) is 9.52. The summed E-state index contributed by atoms with van der Waals surface area (Å²) < 4.78 is 26.4. The molecule has 0 heterocycles. The average molecular weight is 252 g/mol. The maximum atomic E-state index is 13.6. The number of benzene rings is 1. The van der Waals surface area contributed by atoms with Crippen LogP contribution >= 0.6 is 0 Å². The number of amides is 1. The minimum Gasteiger partial charge on any atom is -0.465 e. The monoisotopic (exact) mass is 252 g/mol. The van der Waals surface area contributed by atoms with Crippen molar-refractivity contribution in [3.05, 3.63) is 41.5 Å².